The largest absolute Gasteiger partial charge is 0.480 e. The molecule has 2 unspecified atom stereocenters. The van der Waals surface area contributed by atoms with Gasteiger partial charge in [0.2, 0.25) is 0 Å². The number of hydrogen-bond acceptors (Lipinski definition) is 3. The minimum Gasteiger partial charge on any atom is -0.480 e. The molecule has 0 aliphatic heterocycles. The zero-order valence-corrected chi connectivity index (χ0v) is 10.1. The van der Waals surface area contributed by atoms with E-state index in [1.807, 2.05) is 27.7 Å². The van der Waals surface area contributed by atoms with Crippen molar-refractivity contribution in [1.82, 2.24) is 5.32 Å². The van der Waals surface area contributed by atoms with E-state index >= 15 is 0 Å². The van der Waals surface area contributed by atoms with Crippen LogP contribution >= 0.6 is 0 Å². The molecule has 2 atom stereocenters. The number of carboxylic acids is 1. The lowest BCUT2D eigenvalue weighted by Crippen LogP contribution is -2.46. The van der Waals surface area contributed by atoms with Crippen LogP contribution in [0.5, 0.6) is 0 Å². The third kappa shape index (κ3) is 4.62. The van der Waals surface area contributed by atoms with Crippen LogP contribution in [-0.2, 0) is 4.79 Å². The molecule has 0 aliphatic rings. The third-order valence-corrected chi connectivity index (χ3v) is 2.92. The smallest absolute Gasteiger partial charge is 0.320 e. The summed E-state index contributed by atoms with van der Waals surface area (Å²) in [5.41, 5.74) is -0.234. The van der Waals surface area contributed by atoms with Gasteiger partial charge in [-0.1, -0.05) is 27.7 Å². The molecule has 0 aromatic carbocycles. The number of carbonyl (C=O) groups is 1. The Kier molecular flexibility index (Phi) is 5.83. The highest BCUT2D eigenvalue weighted by Crippen LogP contribution is 2.19. The molecule has 0 aliphatic carbocycles. The minimum atomic E-state index is -0.832. The van der Waals surface area contributed by atoms with E-state index in [2.05, 4.69) is 5.32 Å². The molecule has 0 spiro atoms. The summed E-state index contributed by atoms with van der Waals surface area (Å²) in [6, 6.07) is -0.539. The molecule has 15 heavy (non-hydrogen) atoms. The zero-order valence-electron chi connectivity index (χ0n) is 10.1. The number of carboxylic acid groups (broad SMARTS) is 1. The first-order valence-corrected chi connectivity index (χ1v) is 5.43. The van der Waals surface area contributed by atoms with Crippen molar-refractivity contribution in [3.63, 3.8) is 0 Å². The van der Waals surface area contributed by atoms with Crippen molar-refractivity contribution >= 4 is 5.97 Å². The third-order valence-electron chi connectivity index (χ3n) is 2.92. The fraction of sp³-hybridized carbons (Fsp3) is 0.909. The van der Waals surface area contributed by atoms with Gasteiger partial charge in [-0.15, -0.1) is 0 Å². The predicted molar refractivity (Wildman–Crippen MR) is 59.7 cm³/mol. The number of nitrogens with one attached hydrogen (secondary N) is 1. The highest BCUT2D eigenvalue weighted by atomic mass is 16.4. The normalized spacial score (nSPS) is 17.5. The maximum Gasteiger partial charge on any atom is 0.320 e. The lowest BCUT2D eigenvalue weighted by molar-refractivity contribution is -0.140. The lowest BCUT2D eigenvalue weighted by Gasteiger charge is -2.29. The highest BCUT2D eigenvalue weighted by Gasteiger charge is 2.26. The lowest BCUT2D eigenvalue weighted by atomic mass is 9.88. The first-order valence-electron chi connectivity index (χ1n) is 5.43. The second-order valence-corrected chi connectivity index (χ2v) is 4.76. The fourth-order valence-electron chi connectivity index (χ4n) is 1.26. The standard InChI is InChI=1S/C11H23NO3/c1-5-11(4,7-13)6-12-9(8(2)3)10(14)15/h8-9,12-13H,5-7H2,1-4H3,(H,14,15). The van der Waals surface area contributed by atoms with E-state index < -0.39 is 12.0 Å². The summed E-state index contributed by atoms with van der Waals surface area (Å²) in [5.74, 6) is -0.788. The minimum absolute atomic E-state index is 0.0438. The SMILES string of the molecule is CCC(C)(CO)CNC(C(=O)O)C(C)C. The van der Waals surface area contributed by atoms with Crippen molar-refractivity contribution in [2.75, 3.05) is 13.2 Å². The van der Waals surface area contributed by atoms with Crippen molar-refractivity contribution in [1.29, 1.82) is 0 Å². The Balaban J connectivity index is 4.27. The molecule has 0 aromatic rings. The summed E-state index contributed by atoms with van der Waals surface area (Å²) in [6.07, 6.45) is 0.820. The van der Waals surface area contributed by atoms with E-state index in [1.165, 1.54) is 0 Å². The molecule has 4 heteroatoms. The second kappa shape index (κ2) is 6.08. The number of aliphatic carboxylic acids is 1. The van der Waals surface area contributed by atoms with Gasteiger partial charge >= 0.3 is 5.97 Å². The second-order valence-electron chi connectivity index (χ2n) is 4.76. The highest BCUT2D eigenvalue weighted by molar-refractivity contribution is 5.73. The average Bonchev–Trinajstić information content (AvgIpc) is 2.16. The van der Waals surface area contributed by atoms with E-state index in [-0.39, 0.29) is 17.9 Å². The predicted octanol–water partition coefficient (Wildman–Crippen LogP) is 1.09. The Labute approximate surface area is 91.7 Å². The van der Waals surface area contributed by atoms with Crippen molar-refractivity contribution < 1.29 is 15.0 Å². The summed E-state index contributed by atoms with van der Waals surface area (Å²) >= 11 is 0. The van der Waals surface area contributed by atoms with E-state index in [9.17, 15) is 9.90 Å². The van der Waals surface area contributed by atoms with Crippen LogP contribution in [0.1, 0.15) is 34.1 Å². The zero-order chi connectivity index (χ0) is 12.1. The summed E-state index contributed by atoms with van der Waals surface area (Å²) in [4.78, 5) is 10.9. The number of aliphatic hydroxyl groups excluding tert-OH is 1. The molecule has 4 nitrogen and oxygen atoms in total. The van der Waals surface area contributed by atoms with E-state index in [1.54, 1.807) is 0 Å². The molecule has 0 radical (unpaired) electrons. The van der Waals surface area contributed by atoms with E-state index in [4.69, 9.17) is 5.11 Å². The average molecular weight is 217 g/mol. The molecule has 0 fully saturated rings. The monoisotopic (exact) mass is 217 g/mol. The van der Waals surface area contributed by atoms with Crippen molar-refractivity contribution in [2.24, 2.45) is 11.3 Å². The Bertz CT molecular complexity index is 200. The van der Waals surface area contributed by atoms with Gasteiger partial charge in [-0.25, -0.2) is 0 Å². The Morgan fingerprint density at radius 3 is 2.27 bits per heavy atom. The fourth-order valence-corrected chi connectivity index (χ4v) is 1.26. The molecule has 3 N–H and O–H groups in total. The van der Waals surface area contributed by atoms with Crippen LogP contribution < -0.4 is 5.32 Å². The van der Waals surface area contributed by atoms with Gasteiger partial charge in [0.1, 0.15) is 6.04 Å². The van der Waals surface area contributed by atoms with Crippen molar-refractivity contribution in [3.05, 3.63) is 0 Å². The summed E-state index contributed by atoms with van der Waals surface area (Å²) < 4.78 is 0. The molecule has 0 saturated heterocycles. The van der Waals surface area contributed by atoms with E-state index in [0.717, 1.165) is 6.42 Å². The van der Waals surface area contributed by atoms with Crippen LogP contribution in [-0.4, -0.2) is 35.4 Å². The first kappa shape index (κ1) is 14.4. The molecular weight excluding hydrogens is 194 g/mol. The van der Waals surface area contributed by atoms with Crippen LogP contribution in [0.15, 0.2) is 0 Å². The quantitative estimate of drug-likeness (QED) is 0.597. The molecule has 0 rings (SSSR count). The number of aliphatic hydroxyl groups is 1. The van der Waals surface area contributed by atoms with Crippen LogP contribution in [0, 0.1) is 11.3 Å². The van der Waals surface area contributed by atoms with Gasteiger partial charge in [-0.05, 0) is 12.3 Å². The topological polar surface area (TPSA) is 69.6 Å². The van der Waals surface area contributed by atoms with Crippen LogP contribution in [0.2, 0.25) is 0 Å². The van der Waals surface area contributed by atoms with Gasteiger partial charge in [0.05, 0.1) is 0 Å². The Morgan fingerprint density at radius 1 is 1.47 bits per heavy atom. The maximum atomic E-state index is 10.9. The van der Waals surface area contributed by atoms with Gasteiger partial charge in [0.25, 0.3) is 0 Å². The van der Waals surface area contributed by atoms with Crippen molar-refractivity contribution in [3.8, 4) is 0 Å². The molecule has 90 valence electrons. The molecular formula is C11H23NO3. The van der Waals surface area contributed by atoms with Crippen LogP contribution in [0.3, 0.4) is 0 Å². The number of hydrogen-bond donors (Lipinski definition) is 3. The Morgan fingerprint density at radius 2 is 2.00 bits per heavy atom. The first-order chi connectivity index (χ1) is 6.86. The maximum absolute atomic E-state index is 10.9. The molecule has 0 heterocycles. The summed E-state index contributed by atoms with van der Waals surface area (Å²) in [6.45, 7) is 8.26. The molecule has 0 aromatic heterocycles. The van der Waals surface area contributed by atoms with Crippen LogP contribution in [0.25, 0.3) is 0 Å². The van der Waals surface area contributed by atoms with Crippen molar-refractivity contribution in [2.45, 2.75) is 40.2 Å². The van der Waals surface area contributed by atoms with Gasteiger partial charge in [0.15, 0.2) is 0 Å². The van der Waals surface area contributed by atoms with Crippen LogP contribution in [0.4, 0.5) is 0 Å². The number of rotatable bonds is 7. The van der Waals surface area contributed by atoms with Gasteiger partial charge in [-0.2, -0.15) is 0 Å². The molecule has 0 amide bonds. The van der Waals surface area contributed by atoms with Gasteiger partial charge in [-0.3, -0.25) is 4.79 Å². The molecule has 0 bridgehead atoms. The van der Waals surface area contributed by atoms with Gasteiger partial charge in [0, 0.05) is 18.6 Å². The summed E-state index contributed by atoms with van der Waals surface area (Å²) in [5, 5.41) is 21.2. The summed E-state index contributed by atoms with van der Waals surface area (Å²) in [7, 11) is 0. The Hall–Kier alpha value is -0.610. The van der Waals surface area contributed by atoms with E-state index in [0.29, 0.717) is 6.54 Å². The molecule has 0 saturated carbocycles. The van der Waals surface area contributed by atoms with Gasteiger partial charge < -0.3 is 15.5 Å².